The molecule has 2 amide bonds. The highest BCUT2D eigenvalue weighted by molar-refractivity contribution is 5.91. The molecule has 4 aromatic rings. The van der Waals surface area contributed by atoms with Gasteiger partial charge in [0.2, 0.25) is 11.8 Å². The van der Waals surface area contributed by atoms with E-state index in [-0.39, 0.29) is 26.2 Å². The number of rotatable bonds is 16. The molecule has 4 rings (SSSR count). The molecule has 0 radical (unpaired) electrons. The molecule has 11 nitrogen and oxygen atoms in total. The van der Waals surface area contributed by atoms with Gasteiger partial charge in [-0.05, 0) is 34.4 Å². The number of aliphatic carboxylic acids is 1. The number of carboxylic acids is 1. The SMILES string of the molecule is N[C@@H](COCc1ccccc1)C(=O)N[C@@H](Cc1ccc(OCc2ccccc2)cc1)C(=O)NCC(=O)OCc1ccccc1.O=C(O)C(F)(F)F. The van der Waals surface area contributed by atoms with E-state index in [1.165, 1.54) is 0 Å². The van der Waals surface area contributed by atoms with Crippen LogP contribution in [0, 0.1) is 0 Å². The van der Waals surface area contributed by atoms with Crippen LogP contribution in [0.25, 0.3) is 0 Å². The Morgan fingerprint density at radius 3 is 1.69 bits per heavy atom. The van der Waals surface area contributed by atoms with Crippen molar-refractivity contribution in [3.63, 3.8) is 0 Å². The standard InChI is InChI=1S/C35H37N3O6.C2HF3O2/c36-31(25-42-22-27-10-4-1-5-11-27)34(40)38-32(35(41)37-21-33(39)44-24-29-14-8-3-9-15-29)20-26-16-18-30(19-17-26)43-23-28-12-6-2-7-13-28;3-2(4,5)1(6)7/h1-19,31-32H,20-25,36H2,(H,37,41)(H,38,40);(H,6,7)/t31-,32-;/m0./s1. The van der Waals surface area contributed by atoms with Gasteiger partial charge in [0.1, 0.15) is 37.6 Å². The number of carbonyl (C=O) groups is 4. The van der Waals surface area contributed by atoms with E-state index in [9.17, 15) is 27.6 Å². The first-order valence-corrected chi connectivity index (χ1v) is 15.6. The van der Waals surface area contributed by atoms with Crippen LogP contribution >= 0.6 is 0 Å². The predicted molar refractivity (Wildman–Crippen MR) is 180 cm³/mol. The summed E-state index contributed by atoms with van der Waals surface area (Å²) in [4.78, 5) is 47.3. The Morgan fingerprint density at radius 2 is 1.18 bits per heavy atom. The zero-order valence-electron chi connectivity index (χ0n) is 27.4. The van der Waals surface area contributed by atoms with Gasteiger partial charge in [-0.15, -0.1) is 0 Å². The number of amides is 2. The van der Waals surface area contributed by atoms with Crippen molar-refractivity contribution in [1.82, 2.24) is 10.6 Å². The first-order valence-electron chi connectivity index (χ1n) is 15.6. The predicted octanol–water partition coefficient (Wildman–Crippen LogP) is 4.33. The van der Waals surface area contributed by atoms with Crippen LogP contribution in [-0.4, -0.2) is 60.3 Å². The van der Waals surface area contributed by atoms with Crippen molar-refractivity contribution in [3.8, 4) is 5.75 Å². The quantitative estimate of drug-likeness (QED) is 0.124. The molecule has 0 aliphatic rings. The first-order chi connectivity index (χ1) is 24.4. The van der Waals surface area contributed by atoms with Crippen molar-refractivity contribution >= 4 is 23.8 Å². The number of carboxylic acid groups (broad SMARTS) is 1. The molecule has 0 spiro atoms. The lowest BCUT2D eigenvalue weighted by atomic mass is 10.0. The third-order valence-corrected chi connectivity index (χ3v) is 6.88. The number of hydrogen-bond acceptors (Lipinski definition) is 8. The topological polar surface area (TPSA) is 166 Å². The molecule has 14 heteroatoms. The third-order valence-electron chi connectivity index (χ3n) is 6.88. The normalized spacial score (nSPS) is 11.9. The molecule has 0 bridgehead atoms. The van der Waals surface area contributed by atoms with E-state index in [4.69, 9.17) is 29.8 Å². The largest absolute Gasteiger partial charge is 0.490 e. The highest BCUT2D eigenvalue weighted by Crippen LogP contribution is 2.16. The molecule has 2 atom stereocenters. The first kappa shape index (κ1) is 39.7. The second-order valence-corrected chi connectivity index (χ2v) is 11.0. The van der Waals surface area contributed by atoms with Gasteiger partial charge in [-0.25, -0.2) is 4.79 Å². The minimum Gasteiger partial charge on any atom is -0.489 e. The number of esters is 1. The van der Waals surface area contributed by atoms with Crippen LogP contribution in [0.2, 0.25) is 0 Å². The molecule has 0 saturated carbocycles. The van der Waals surface area contributed by atoms with Crippen LogP contribution in [0.3, 0.4) is 0 Å². The summed E-state index contributed by atoms with van der Waals surface area (Å²) in [6.45, 7) is 0.429. The number of alkyl halides is 3. The smallest absolute Gasteiger partial charge is 0.489 e. The summed E-state index contributed by atoms with van der Waals surface area (Å²) in [5.41, 5.74) is 9.68. The van der Waals surface area contributed by atoms with Crippen LogP contribution in [0.15, 0.2) is 115 Å². The summed E-state index contributed by atoms with van der Waals surface area (Å²) in [6, 6.07) is 33.8. The van der Waals surface area contributed by atoms with Gasteiger partial charge < -0.3 is 35.7 Å². The Morgan fingerprint density at radius 1 is 0.686 bits per heavy atom. The van der Waals surface area contributed by atoms with Crippen LogP contribution in [0.5, 0.6) is 5.75 Å². The Kier molecular flexibility index (Phi) is 16.1. The molecular weight excluding hydrogens is 671 g/mol. The lowest BCUT2D eigenvalue weighted by Gasteiger charge is -2.21. The van der Waals surface area contributed by atoms with Gasteiger partial charge in [0, 0.05) is 6.42 Å². The van der Waals surface area contributed by atoms with Gasteiger partial charge in [0.25, 0.3) is 0 Å². The van der Waals surface area contributed by atoms with E-state index in [1.807, 2.05) is 103 Å². The van der Waals surface area contributed by atoms with Gasteiger partial charge in [-0.1, -0.05) is 103 Å². The van der Waals surface area contributed by atoms with Gasteiger partial charge in [0.15, 0.2) is 0 Å². The number of ether oxygens (including phenoxy) is 3. The fraction of sp³-hybridized carbons (Fsp3) is 0.243. The minimum atomic E-state index is -5.08. The van der Waals surface area contributed by atoms with E-state index in [2.05, 4.69) is 10.6 Å². The summed E-state index contributed by atoms with van der Waals surface area (Å²) in [5.74, 6) is -3.78. The van der Waals surface area contributed by atoms with E-state index in [0.29, 0.717) is 19.0 Å². The number of nitrogens with one attached hydrogen (secondary N) is 2. The van der Waals surface area contributed by atoms with Crippen molar-refractivity contribution in [1.29, 1.82) is 0 Å². The Bertz CT molecular complexity index is 1660. The Balaban J connectivity index is 0.000000908. The maximum Gasteiger partial charge on any atom is 0.490 e. The van der Waals surface area contributed by atoms with Crippen molar-refractivity contribution in [2.75, 3.05) is 13.2 Å². The van der Waals surface area contributed by atoms with E-state index in [1.54, 1.807) is 12.1 Å². The fourth-order valence-electron chi connectivity index (χ4n) is 4.21. The average molecular weight is 710 g/mol. The van der Waals surface area contributed by atoms with Crippen molar-refractivity contribution in [2.45, 2.75) is 44.5 Å². The van der Waals surface area contributed by atoms with Crippen molar-refractivity contribution < 1.29 is 51.7 Å². The van der Waals surface area contributed by atoms with E-state index < -0.39 is 42.0 Å². The van der Waals surface area contributed by atoms with E-state index in [0.717, 1.165) is 22.3 Å². The zero-order valence-corrected chi connectivity index (χ0v) is 27.4. The molecule has 0 aromatic heterocycles. The number of nitrogens with two attached hydrogens (primary N) is 1. The second-order valence-electron chi connectivity index (χ2n) is 11.0. The number of halogens is 3. The molecule has 5 N–H and O–H groups in total. The maximum absolute atomic E-state index is 13.2. The van der Waals surface area contributed by atoms with Crippen molar-refractivity contribution in [3.05, 3.63) is 138 Å². The molecule has 270 valence electrons. The van der Waals surface area contributed by atoms with Crippen LogP contribution < -0.4 is 21.1 Å². The lowest BCUT2D eigenvalue weighted by Crippen LogP contribution is -2.54. The van der Waals surface area contributed by atoms with Gasteiger partial charge >= 0.3 is 18.1 Å². The third kappa shape index (κ3) is 15.6. The van der Waals surface area contributed by atoms with Gasteiger partial charge in [0.05, 0.1) is 13.2 Å². The molecule has 51 heavy (non-hydrogen) atoms. The summed E-state index contributed by atoms with van der Waals surface area (Å²) in [7, 11) is 0. The lowest BCUT2D eigenvalue weighted by molar-refractivity contribution is -0.192. The summed E-state index contributed by atoms with van der Waals surface area (Å²) >= 11 is 0. The number of carbonyl (C=O) groups excluding carboxylic acids is 3. The highest BCUT2D eigenvalue weighted by Gasteiger charge is 2.38. The highest BCUT2D eigenvalue weighted by atomic mass is 19.4. The maximum atomic E-state index is 13.2. The number of benzene rings is 4. The summed E-state index contributed by atoms with van der Waals surface area (Å²) < 4.78 is 48.5. The van der Waals surface area contributed by atoms with Crippen LogP contribution in [0.1, 0.15) is 22.3 Å². The molecule has 4 aromatic carbocycles. The Labute approximate surface area is 292 Å². The molecule has 0 aliphatic carbocycles. The second kappa shape index (κ2) is 20.7. The molecule has 0 heterocycles. The molecular formula is C37H38F3N3O8. The van der Waals surface area contributed by atoms with Crippen molar-refractivity contribution in [2.24, 2.45) is 5.73 Å². The van der Waals surface area contributed by atoms with Crippen LogP contribution in [-0.2, 0) is 54.9 Å². The van der Waals surface area contributed by atoms with E-state index >= 15 is 0 Å². The summed E-state index contributed by atoms with van der Waals surface area (Å²) in [5, 5.41) is 12.4. The zero-order chi connectivity index (χ0) is 37.1. The van der Waals surface area contributed by atoms with Crippen LogP contribution in [0.4, 0.5) is 13.2 Å². The minimum absolute atomic E-state index is 0.0334. The average Bonchev–Trinajstić information content (AvgIpc) is 3.13. The van der Waals surface area contributed by atoms with Gasteiger partial charge in [-0.2, -0.15) is 13.2 Å². The number of hydrogen-bond donors (Lipinski definition) is 4. The molecule has 0 fully saturated rings. The fourth-order valence-corrected chi connectivity index (χ4v) is 4.21. The molecule has 0 saturated heterocycles. The summed E-state index contributed by atoms with van der Waals surface area (Å²) in [6.07, 6.45) is -4.92. The van der Waals surface area contributed by atoms with Gasteiger partial charge in [-0.3, -0.25) is 14.4 Å². The monoisotopic (exact) mass is 709 g/mol. The Hall–Kier alpha value is -5.73. The molecule has 0 unspecified atom stereocenters. The molecule has 0 aliphatic heterocycles.